The van der Waals surface area contributed by atoms with E-state index in [0.29, 0.717) is 0 Å². The Hall–Kier alpha value is 0.537. The molecule has 0 aromatic carbocycles. The quantitative estimate of drug-likeness (QED) is 0.340. The summed E-state index contributed by atoms with van der Waals surface area (Å²) in [6.45, 7) is -1.67. The number of halogens is 2. The normalized spacial score (nSPS) is 26.8. The predicted molar refractivity (Wildman–Crippen MR) is 26.6 cm³/mol. The molecule has 0 N–H and O–H groups in total. The van der Waals surface area contributed by atoms with Crippen molar-refractivity contribution in [2.24, 2.45) is 0 Å². The average molecular weight is 125 g/mol. The first-order valence-electron chi connectivity index (χ1n) is 1.29. The van der Waals surface area contributed by atoms with Crippen molar-refractivity contribution in [1.29, 1.82) is 0 Å². The number of rotatable bonds is 0. The second-order valence-electron chi connectivity index (χ2n) is 1.01. The molecule has 0 radical (unpaired) electrons. The lowest BCUT2D eigenvalue weighted by Gasteiger charge is -1.76. The van der Waals surface area contributed by atoms with Crippen LogP contribution in [0.4, 0.5) is 0 Å². The summed E-state index contributed by atoms with van der Waals surface area (Å²) in [7, 11) is 0. The van der Waals surface area contributed by atoms with Gasteiger partial charge in [0, 0.05) is 0 Å². The van der Waals surface area contributed by atoms with Crippen molar-refractivity contribution in [3.8, 4) is 0 Å². The SMILES string of the molecule is Cl[Si]1(Cl)C=C1. The van der Waals surface area contributed by atoms with Crippen LogP contribution >= 0.6 is 22.2 Å². The van der Waals surface area contributed by atoms with Gasteiger partial charge >= 0.3 is 0 Å². The summed E-state index contributed by atoms with van der Waals surface area (Å²) in [6.07, 6.45) is 0. The number of hydrogen-bond donors (Lipinski definition) is 0. The fraction of sp³-hybridized carbons (Fsp3) is 0. The second kappa shape index (κ2) is 0.779. The Bertz CT molecular complexity index is 67.7. The van der Waals surface area contributed by atoms with Crippen molar-refractivity contribution in [3.63, 3.8) is 0 Å². The van der Waals surface area contributed by atoms with E-state index >= 15 is 0 Å². The van der Waals surface area contributed by atoms with E-state index in [-0.39, 0.29) is 0 Å². The third-order valence-electron chi connectivity index (χ3n) is 0.419. The van der Waals surface area contributed by atoms with E-state index in [9.17, 15) is 0 Å². The highest BCUT2D eigenvalue weighted by Gasteiger charge is 2.31. The lowest BCUT2D eigenvalue weighted by Crippen LogP contribution is -1.88. The van der Waals surface area contributed by atoms with Gasteiger partial charge in [-0.3, -0.25) is 0 Å². The molecule has 0 aromatic heterocycles. The van der Waals surface area contributed by atoms with Gasteiger partial charge in [-0.1, -0.05) is 11.4 Å². The Balaban J connectivity index is 2.47. The van der Waals surface area contributed by atoms with Gasteiger partial charge in [-0.15, -0.1) is 22.2 Å². The first kappa shape index (κ1) is 3.72. The molecule has 1 aliphatic rings. The summed E-state index contributed by atoms with van der Waals surface area (Å²) >= 11 is 10.9. The van der Waals surface area contributed by atoms with Gasteiger partial charge in [-0.25, -0.2) is 0 Å². The monoisotopic (exact) mass is 124 g/mol. The molecule has 0 aromatic rings. The van der Waals surface area contributed by atoms with Crippen LogP contribution in [-0.2, 0) is 0 Å². The lowest BCUT2D eigenvalue weighted by atomic mass is 11.3. The molecule has 0 unspecified atom stereocenters. The summed E-state index contributed by atoms with van der Waals surface area (Å²) in [5, 5.41) is 0. The molecule has 1 aliphatic heterocycles. The number of hydrogen-bond acceptors (Lipinski definition) is 0. The van der Waals surface area contributed by atoms with E-state index in [0.717, 1.165) is 0 Å². The molecule has 1 rings (SSSR count). The Labute approximate surface area is 40.8 Å². The van der Waals surface area contributed by atoms with Crippen molar-refractivity contribution in [2.75, 3.05) is 0 Å². The van der Waals surface area contributed by atoms with Crippen molar-refractivity contribution >= 4 is 28.9 Å². The van der Waals surface area contributed by atoms with Crippen molar-refractivity contribution in [1.82, 2.24) is 0 Å². The molecule has 1 heterocycles. The van der Waals surface area contributed by atoms with Gasteiger partial charge in [-0.2, -0.15) is 0 Å². The van der Waals surface area contributed by atoms with E-state index in [4.69, 9.17) is 22.2 Å². The topological polar surface area (TPSA) is 0 Å². The highest BCUT2D eigenvalue weighted by atomic mass is 35.7. The minimum Gasteiger partial charge on any atom is -0.135 e. The van der Waals surface area contributed by atoms with Crippen LogP contribution in [0.15, 0.2) is 11.4 Å². The van der Waals surface area contributed by atoms with E-state index in [1.54, 1.807) is 0 Å². The van der Waals surface area contributed by atoms with E-state index in [1.165, 1.54) is 0 Å². The zero-order chi connectivity index (χ0) is 3.91. The largest absolute Gasteiger partial charge is 0.295 e. The maximum absolute atomic E-state index is 5.43. The van der Waals surface area contributed by atoms with Gasteiger partial charge in [0.15, 0.2) is 0 Å². The summed E-state index contributed by atoms with van der Waals surface area (Å²) in [5.74, 6) is 0. The highest BCUT2D eigenvalue weighted by molar-refractivity contribution is 7.54. The molecule has 5 heavy (non-hydrogen) atoms. The van der Waals surface area contributed by atoms with Gasteiger partial charge < -0.3 is 0 Å². The fourth-order valence-corrected chi connectivity index (χ4v) is 1.70. The van der Waals surface area contributed by atoms with Crippen LogP contribution < -0.4 is 0 Å². The molecule has 0 spiro atoms. The molecule has 0 bridgehead atoms. The highest BCUT2D eigenvalue weighted by Crippen LogP contribution is 2.28. The molecule has 0 fully saturated rings. The van der Waals surface area contributed by atoms with Crippen molar-refractivity contribution in [3.05, 3.63) is 11.4 Å². The molecule has 0 atom stereocenters. The Morgan fingerprint density at radius 2 is 1.40 bits per heavy atom. The Kier molecular flexibility index (Phi) is 0.579. The fourth-order valence-electron chi connectivity index (χ4n) is 0.0630. The minimum absolute atomic E-state index is 1.67. The summed E-state index contributed by atoms with van der Waals surface area (Å²) in [6, 6.07) is 0. The van der Waals surface area contributed by atoms with Crippen LogP contribution in [0.1, 0.15) is 0 Å². The maximum Gasteiger partial charge on any atom is 0.295 e. The Morgan fingerprint density at radius 1 is 1.20 bits per heavy atom. The zero-order valence-electron chi connectivity index (χ0n) is 2.41. The molecule has 0 nitrogen and oxygen atoms in total. The lowest BCUT2D eigenvalue weighted by molar-refractivity contribution is 2.81. The molecule has 0 saturated carbocycles. The van der Waals surface area contributed by atoms with Gasteiger partial charge in [0.2, 0.25) is 0 Å². The predicted octanol–water partition coefficient (Wildman–Crippen LogP) is 1.55. The van der Waals surface area contributed by atoms with Gasteiger partial charge in [0.25, 0.3) is 6.69 Å². The first-order chi connectivity index (χ1) is 2.21. The average Bonchev–Trinajstić information content (AvgIpc) is 1.76. The van der Waals surface area contributed by atoms with Crippen LogP contribution in [0.25, 0.3) is 0 Å². The maximum atomic E-state index is 5.43. The smallest absolute Gasteiger partial charge is 0.135 e. The van der Waals surface area contributed by atoms with E-state index in [1.807, 2.05) is 11.4 Å². The first-order valence-corrected chi connectivity index (χ1v) is 5.47. The standard InChI is InChI=1S/C2H2Cl2Si/c3-5(4)1-2-5/h1-2H. The summed E-state index contributed by atoms with van der Waals surface area (Å²) in [5.41, 5.74) is 3.71. The zero-order valence-corrected chi connectivity index (χ0v) is 4.92. The summed E-state index contributed by atoms with van der Waals surface area (Å²) in [4.78, 5) is 0. The molecule has 28 valence electrons. The molecule has 0 aliphatic carbocycles. The Morgan fingerprint density at radius 3 is 1.40 bits per heavy atom. The molecule has 0 amide bonds. The molecular weight excluding hydrogens is 123 g/mol. The van der Waals surface area contributed by atoms with Gasteiger partial charge in [0.05, 0.1) is 0 Å². The van der Waals surface area contributed by atoms with Crippen LogP contribution in [0.5, 0.6) is 0 Å². The third kappa shape index (κ3) is 0.952. The van der Waals surface area contributed by atoms with E-state index in [2.05, 4.69) is 0 Å². The molecular formula is C2H2Cl2Si. The van der Waals surface area contributed by atoms with Gasteiger partial charge in [-0.05, 0) is 0 Å². The molecule has 0 saturated heterocycles. The minimum atomic E-state index is -1.67. The molecule has 3 heteroatoms. The van der Waals surface area contributed by atoms with Crippen molar-refractivity contribution < 1.29 is 0 Å². The van der Waals surface area contributed by atoms with Crippen LogP contribution in [0.2, 0.25) is 0 Å². The van der Waals surface area contributed by atoms with Crippen LogP contribution in [0.3, 0.4) is 0 Å². The third-order valence-corrected chi connectivity index (χ3v) is 2.77. The summed E-state index contributed by atoms with van der Waals surface area (Å²) < 4.78 is 0. The van der Waals surface area contributed by atoms with E-state index < -0.39 is 6.69 Å². The van der Waals surface area contributed by atoms with Crippen LogP contribution in [-0.4, -0.2) is 6.69 Å². The van der Waals surface area contributed by atoms with Crippen LogP contribution in [0, 0.1) is 0 Å². The second-order valence-corrected chi connectivity index (χ2v) is 7.36. The van der Waals surface area contributed by atoms with Gasteiger partial charge in [0.1, 0.15) is 0 Å². The van der Waals surface area contributed by atoms with Crippen molar-refractivity contribution in [2.45, 2.75) is 0 Å².